The summed E-state index contributed by atoms with van der Waals surface area (Å²) in [4.78, 5) is 23.1. The van der Waals surface area contributed by atoms with Gasteiger partial charge in [-0.15, -0.1) is 0 Å². The summed E-state index contributed by atoms with van der Waals surface area (Å²) in [5.74, 6) is 0.404. The standard InChI is InChI=1S/C18H27N11O2/c1-28(2)18(23)27-16(21)24-9-8-11-5-3-6-12(14(11)30)31-29-10-4-7-13(29)25-17(22)26-15(19)20/h3-7,10,30H,8-9H2,1-2H3,(H4,21,23,24,27)(H6,19,20,22,25,26). The Labute approximate surface area is 179 Å². The number of rotatable bonds is 6. The van der Waals surface area contributed by atoms with Crippen LogP contribution in [0.5, 0.6) is 11.5 Å². The zero-order valence-corrected chi connectivity index (χ0v) is 17.3. The van der Waals surface area contributed by atoms with E-state index in [9.17, 15) is 5.11 Å². The quantitative estimate of drug-likeness (QED) is 0.246. The largest absolute Gasteiger partial charge is 0.504 e. The van der Waals surface area contributed by atoms with Crippen molar-refractivity contribution in [3.05, 3.63) is 42.1 Å². The van der Waals surface area contributed by atoms with Gasteiger partial charge in [-0.05, 0) is 30.2 Å². The smallest absolute Gasteiger partial charge is 0.225 e. The van der Waals surface area contributed by atoms with Crippen molar-refractivity contribution in [2.45, 2.75) is 6.42 Å². The van der Waals surface area contributed by atoms with Crippen LogP contribution >= 0.6 is 0 Å². The summed E-state index contributed by atoms with van der Waals surface area (Å²) in [5.41, 5.74) is 28.2. The van der Waals surface area contributed by atoms with E-state index in [1.807, 2.05) is 0 Å². The first-order valence-corrected chi connectivity index (χ1v) is 9.09. The zero-order valence-electron chi connectivity index (χ0n) is 17.3. The van der Waals surface area contributed by atoms with Crippen LogP contribution in [-0.4, -0.2) is 59.2 Å². The van der Waals surface area contributed by atoms with E-state index in [1.54, 1.807) is 55.5 Å². The van der Waals surface area contributed by atoms with Crippen LogP contribution in [0.15, 0.2) is 56.5 Å². The number of phenols is 1. The monoisotopic (exact) mass is 429 g/mol. The summed E-state index contributed by atoms with van der Waals surface area (Å²) in [6.07, 6.45) is 1.99. The summed E-state index contributed by atoms with van der Waals surface area (Å²) in [6.45, 7) is 0.293. The number of guanidine groups is 4. The summed E-state index contributed by atoms with van der Waals surface area (Å²) < 4.78 is 1.31. The number of nitrogens with two attached hydrogens (primary N) is 5. The molecule has 13 heteroatoms. The summed E-state index contributed by atoms with van der Waals surface area (Å²) in [7, 11) is 3.48. The number of hydrogen-bond donors (Lipinski definition) is 6. The summed E-state index contributed by atoms with van der Waals surface area (Å²) >= 11 is 0. The Morgan fingerprint density at radius 3 is 2.45 bits per heavy atom. The number of benzene rings is 1. The van der Waals surface area contributed by atoms with Gasteiger partial charge in [0, 0.05) is 26.8 Å². The van der Waals surface area contributed by atoms with Crippen LogP contribution in [0, 0.1) is 0 Å². The van der Waals surface area contributed by atoms with E-state index in [0.29, 0.717) is 24.3 Å². The first-order chi connectivity index (χ1) is 14.7. The highest BCUT2D eigenvalue weighted by Crippen LogP contribution is 2.31. The number of phenolic OH excluding ortho intramolecular Hbond substituents is 1. The lowest BCUT2D eigenvalue weighted by atomic mass is 10.1. The van der Waals surface area contributed by atoms with E-state index in [0.717, 1.165) is 0 Å². The maximum absolute atomic E-state index is 10.6. The topological polar surface area (TPSA) is 217 Å². The molecule has 0 fully saturated rings. The Balaban J connectivity index is 2.14. The van der Waals surface area contributed by atoms with E-state index in [4.69, 9.17) is 33.5 Å². The fraction of sp³-hybridized carbons (Fsp3) is 0.222. The van der Waals surface area contributed by atoms with E-state index in [1.165, 1.54) is 4.73 Å². The van der Waals surface area contributed by atoms with E-state index < -0.39 is 0 Å². The lowest BCUT2D eigenvalue weighted by Gasteiger charge is -2.12. The fourth-order valence-corrected chi connectivity index (χ4v) is 2.29. The fourth-order valence-electron chi connectivity index (χ4n) is 2.29. The normalized spacial score (nSPS) is 12.5. The van der Waals surface area contributed by atoms with Gasteiger partial charge in [0.25, 0.3) is 0 Å². The molecule has 0 bridgehead atoms. The number of para-hydroxylation sites is 1. The molecule has 0 saturated heterocycles. The van der Waals surface area contributed by atoms with Crippen LogP contribution < -0.4 is 33.5 Å². The molecule has 0 saturated carbocycles. The molecule has 1 heterocycles. The molecule has 11 N–H and O–H groups in total. The minimum Gasteiger partial charge on any atom is -0.504 e. The van der Waals surface area contributed by atoms with Crippen molar-refractivity contribution in [2.75, 3.05) is 20.6 Å². The van der Waals surface area contributed by atoms with E-state index in [-0.39, 0.29) is 35.3 Å². The minimum atomic E-state index is -0.219. The highest BCUT2D eigenvalue weighted by atomic mass is 16.7. The van der Waals surface area contributed by atoms with Gasteiger partial charge in [-0.25, -0.2) is 0 Å². The Morgan fingerprint density at radius 2 is 1.77 bits per heavy atom. The predicted octanol–water partition coefficient (Wildman–Crippen LogP) is -1.01. The molecular weight excluding hydrogens is 402 g/mol. The molecule has 31 heavy (non-hydrogen) atoms. The average molecular weight is 429 g/mol. The van der Waals surface area contributed by atoms with Crippen molar-refractivity contribution in [2.24, 2.45) is 48.6 Å². The molecule has 1 aromatic heterocycles. The SMILES string of the molecule is CN(C)C(N)=NC(N)=NCCc1cccc(On2cccc2N=C(N)N=C(N)N)c1O. The second-order valence-electron chi connectivity index (χ2n) is 6.41. The van der Waals surface area contributed by atoms with Crippen LogP contribution in [-0.2, 0) is 6.42 Å². The molecular formula is C18H27N11O2. The van der Waals surface area contributed by atoms with Crippen LogP contribution in [0.25, 0.3) is 0 Å². The summed E-state index contributed by atoms with van der Waals surface area (Å²) in [6, 6.07) is 8.40. The van der Waals surface area contributed by atoms with Gasteiger partial charge in [-0.3, -0.25) is 4.99 Å². The molecule has 0 aliphatic heterocycles. The highest BCUT2D eigenvalue weighted by Gasteiger charge is 2.11. The number of aromatic hydroxyl groups is 1. The first kappa shape index (κ1) is 22.9. The van der Waals surface area contributed by atoms with E-state index in [2.05, 4.69) is 20.0 Å². The molecule has 0 atom stereocenters. The molecule has 2 rings (SSSR count). The molecule has 0 amide bonds. The van der Waals surface area contributed by atoms with E-state index >= 15 is 0 Å². The third kappa shape index (κ3) is 6.85. The number of aliphatic imine (C=N–C) groups is 4. The molecule has 0 unspecified atom stereocenters. The van der Waals surface area contributed by atoms with Crippen LogP contribution in [0.2, 0.25) is 0 Å². The van der Waals surface area contributed by atoms with Crippen molar-refractivity contribution in [1.82, 2.24) is 9.63 Å². The maximum atomic E-state index is 10.6. The Morgan fingerprint density at radius 1 is 1.03 bits per heavy atom. The second-order valence-corrected chi connectivity index (χ2v) is 6.41. The number of aromatic nitrogens is 1. The first-order valence-electron chi connectivity index (χ1n) is 9.09. The molecule has 0 aliphatic carbocycles. The lowest BCUT2D eigenvalue weighted by molar-refractivity contribution is 0.211. The Bertz CT molecular complexity index is 1020. The van der Waals surface area contributed by atoms with Crippen LogP contribution in [0.3, 0.4) is 0 Å². The molecule has 13 nitrogen and oxygen atoms in total. The van der Waals surface area contributed by atoms with Gasteiger partial charge in [0.05, 0.1) is 0 Å². The Kier molecular flexibility index (Phi) is 7.66. The molecule has 0 aliphatic rings. The second kappa shape index (κ2) is 10.4. The van der Waals surface area contributed by atoms with Crippen LogP contribution in [0.4, 0.5) is 5.82 Å². The van der Waals surface area contributed by atoms with Gasteiger partial charge in [-0.2, -0.15) is 19.7 Å². The zero-order chi connectivity index (χ0) is 23.0. The molecule has 2 aromatic rings. The number of hydrogen-bond acceptors (Lipinski definition) is 4. The van der Waals surface area contributed by atoms with Gasteiger partial charge in [0.15, 0.2) is 29.2 Å². The van der Waals surface area contributed by atoms with Gasteiger partial charge in [-0.1, -0.05) is 12.1 Å². The maximum Gasteiger partial charge on any atom is 0.225 e. The predicted molar refractivity (Wildman–Crippen MR) is 121 cm³/mol. The van der Waals surface area contributed by atoms with Crippen molar-refractivity contribution < 1.29 is 9.94 Å². The lowest BCUT2D eigenvalue weighted by Crippen LogP contribution is -2.32. The van der Waals surface area contributed by atoms with Crippen molar-refractivity contribution in [3.8, 4) is 11.5 Å². The minimum absolute atomic E-state index is 0.0475. The van der Waals surface area contributed by atoms with Gasteiger partial charge in [0.1, 0.15) is 0 Å². The molecule has 166 valence electrons. The third-order valence-corrected chi connectivity index (χ3v) is 3.79. The average Bonchev–Trinajstić information content (AvgIpc) is 3.10. The Hall–Kier alpha value is -4.42. The van der Waals surface area contributed by atoms with Gasteiger partial charge >= 0.3 is 0 Å². The summed E-state index contributed by atoms with van der Waals surface area (Å²) in [5, 5.41) is 10.6. The molecule has 0 radical (unpaired) electrons. The van der Waals surface area contributed by atoms with Gasteiger partial charge < -0.3 is 43.5 Å². The van der Waals surface area contributed by atoms with Gasteiger partial charge in [0.2, 0.25) is 11.9 Å². The third-order valence-electron chi connectivity index (χ3n) is 3.79. The van der Waals surface area contributed by atoms with Crippen molar-refractivity contribution in [3.63, 3.8) is 0 Å². The number of nitrogens with zero attached hydrogens (tertiary/aromatic N) is 6. The highest BCUT2D eigenvalue weighted by molar-refractivity contribution is 5.93. The van der Waals surface area contributed by atoms with Crippen molar-refractivity contribution in [1.29, 1.82) is 0 Å². The molecule has 0 spiro atoms. The van der Waals surface area contributed by atoms with Crippen molar-refractivity contribution >= 4 is 29.7 Å². The molecule has 1 aromatic carbocycles. The van der Waals surface area contributed by atoms with Crippen LogP contribution in [0.1, 0.15) is 5.56 Å².